The highest BCUT2D eigenvalue weighted by atomic mass is 35.5. The fourth-order valence-electron chi connectivity index (χ4n) is 3.84. The Morgan fingerprint density at radius 1 is 1.18 bits per heavy atom. The Hall–Kier alpha value is -2.96. The number of nitrogens with two attached hydrogens (primary N) is 1. The molecule has 2 heterocycles. The predicted octanol–water partition coefficient (Wildman–Crippen LogP) is 4.18. The molecule has 0 saturated carbocycles. The lowest BCUT2D eigenvalue weighted by Crippen LogP contribution is -2.26. The second kappa shape index (κ2) is 6.02. The van der Waals surface area contributed by atoms with Crippen molar-refractivity contribution in [3.05, 3.63) is 76.6 Å². The third-order valence-corrected chi connectivity index (χ3v) is 5.51. The van der Waals surface area contributed by atoms with Crippen molar-refractivity contribution < 1.29 is 9.50 Å². The van der Waals surface area contributed by atoms with Gasteiger partial charge in [-0.25, -0.2) is 9.37 Å². The Morgan fingerprint density at radius 3 is 2.89 bits per heavy atom. The van der Waals surface area contributed by atoms with E-state index in [9.17, 15) is 9.50 Å². The smallest absolute Gasteiger partial charge is 0.164 e. The molecule has 2 aromatic carbocycles. The topological polar surface area (TPSA) is 87.8 Å². The van der Waals surface area contributed by atoms with E-state index < -0.39 is 5.60 Å². The fourth-order valence-corrected chi connectivity index (χ4v) is 4.01. The van der Waals surface area contributed by atoms with Crippen LogP contribution in [0, 0.1) is 5.82 Å². The van der Waals surface area contributed by atoms with E-state index in [1.807, 2.05) is 6.07 Å². The van der Waals surface area contributed by atoms with Crippen molar-refractivity contribution in [1.29, 1.82) is 0 Å². The first-order valence-corrected chi connectivity index (χ1v) is 9.25. The van der Waals surface area contributed by atoms with Crippen molar-refractivity contribution in [3.8, 4) is 11.1 Å². The molecule has 0 bridgehead atoms. The minimum Gasteiger partial charge on any atom is -0.398 e. The second-order valence-electron chi connectivity index (χ2n) is 7.07. The Balaban J connectivity index is 1.59. The molecule has 4 N–H and O–H groups in total. The number of aryl methyl sites for hydroxylation is 1. The number of imidazole rings is 1. The molecule has 1 aliphatic rings. The number of hydrogen-bond donors (Lipinski definition) is 3. The SMILES string of the molecule is Nc1ccc(Cl)cc1-c1cnc2c(c1)CCC2(O)c1nc2ccc(F)cc2[nH]1. The zero-order valence-electron chi connectivity index (χ0n) is 14.7. The van der Waals surface area contributed by atoms with Crippen LogP contribution in [0.5, 0.6) is 0 Å². The van der Waals surface area contributed by atoms with Crippen molar-refractivity contribution in [2.45, 2.75) is 18.4 Å². The summed E-state index contributed by atoms with van der Waals surface area (Å²) >= 11 is 6.10. The fraction of sp³-hybridized carbons (Fsp3) is 0.143. The largest absolute Gasteiger partial charge is 0.398 e. The molecular weight excluding hydrogens is 379 g/mol. The predicted molar refractivity (Wildman–Crippen MR) is 106 cm³/mol. The normalized spacial score (nSPS) is 18.5. The van der Waals surface area contributed by atoms with Crippen LogP contribution in [0.15, 0.2) is 48.7 Å². The van der Waals surface area contributed by atoms with Gasteiger partial charge in [0.1, 0.15) is 11.6 Å². The van der Waals surface area contributed by atoms with Gasteiger partial charge in [0, 0.05) is 28.0 Å². The van der Waals surface area contributed by atoms with Gasteiger partial charge in [-0.15, -0.1) is 0 Å². The Bertz CT molecular complexity index is 1240. The van der Waals surface area contributed by atoms with Crippen molar-refractivity contribution in [2.24, 2.45) is 0 Å². The van der Waals surface area contributed by atoms with Crippen LogP contribution in [-0.4, -0.2) is 20.1 Å². The molecule has 0 saturated heterocycles. The van der Waals surface area contributed by atoms with Crippen LogP contribution in [0.3, 0.4) is 0 Å². The molecule has 1 aliphatic carbocycles. The number of fused-ring (bicyclic) bond motifs is 2. The van der Waals surface area contributed by atoms with Gasteiger partial charge < -0.3 is 15.8 Å². The number of anilines is 1. The molecule has 1 atom stereocenters. The van der Waals surface area contributed by atoms with Crippen LogP contribution in [0.2, 0.25) is 5.02 Å². The minimum atomic E-state index is -1.34. The zero-order valence-corrected chi connectivity index (χ0v) is 15.5. The lowest BCUT2D eigenvalue weighted by molar-refractivity contribution is 0.0704. The quantitative estimate of drug-likeness (QED) is 0.445. The number of H-pyrrole nitrogens is 1. The number of aromatic nitrogens is 3. The highest BCUT2D eigenvalue weighted by Crippen LogP contribution is 2.42. The summed E-state index contributed by atoms with van der Waals surface area (Å²) in [6, 6.07) is 11.6. The van der Waals surface area contributed by atoms with E-state index in [-0.39, 0.29) is 5.82 Å². The molecule has 0 spiro atoms. The number of hydrogen-bond acceptors (Lipinski definition) is 4. The van der Waals surface area contributed by atoms with E-state index in [0.29, 0.717) is 46.1 Å². The maximum atomic E-state index is 13.5. The zero-order chi connectivity index (χ0) is 19.5. The van der Waals surface area contributed by atoms with E-state index in [1.165, 1.54) is 12.1 Å². The molecule has 0 radical (unpaired) electrons. The van der Waals surface area contributed by atoms with Gasteiger partial charge in [-0.3, -0.25) is 4.98 Å². The van der Waals surface area contributed by atoms with E-state index >= 15 is 0 Å². The molecule has 5 rings (SSSR count). The van der Waals surface area contributed by atoms with E-state index in [2.05, 4.69) is 15.0 Å². The maximum absolute atomic E-state index is 13.5. The van der Waals surface area contributed by atoms with Crippen molar-refractivity contribution >= 4 is 28.3 Å². The summed E-state index contributed by atoms with van der Waals surface area (Å²) in [5, 5.41) is 11.9. The number of pyridine rings is 1. The summed E-state index contributed by atoms with van der Waals surface area (Å²) in [5.74, 6) is 0.0118. The summed E-state index contributed by atoms with van der Waals surface area (Å²) < 4.78 is 13.5. The average molecular weight is 395 g/mol. The van der Waals surface area contributed by atoms with Gasteiger partial charge >= 0.3 is 0 Å². The summed E-state index contributed by atoms with van der Waals surface area (Å²) in [6.07, 6.45) is 2.75. The lowest BCUT2D eigenvalue weighted by Gasteiger charge is -2.20. The van der Waals surface area contributed by atoms with Crippen molar-refractivity contribution in [3.63, 3.8) is 0 Å². The van der Waals surface area contributed by atoms with E-state index in [4.69, 9.17) is 17.3 Å². The maximum Gasteiger partial charge on any atom is 0.164 e. The highest BCUT2D eigenvalue weighted by Gasteiger charge is 2.42. The summed E-state index contributed by atoms with van der Waals surface area (Å²) in [6.45, 7) is 0. The number of nitrogens with zero attached hydrogens (tertiary/aromatic N) is 2. The van der Waals surface area contributed by atoms with E-state index in [0.717, 1.165) is 16.7 Å². The monoisotopic (exact) mass is 394 g/mol. The summed E-state index contributed by atoms with van der Waals surface area (Å²) in [5.41, 5.74) is 9.61. The Kier molecular flexibility index (Phi) is 3.69. The first-order valence-electron chi connectivity index (χ1n) is 8.87. The van der Waals surface area contributed by atoms with Gasteiger partial charge in [0.2, 0.25) is 0 Å². The number of aromatic amines is 1. The van der Waals surface area contributed by atoms with Crippen LogP contribution >= 0.6 is 11.6 Å². The number of halogens is 2. The van der Waals surface area contributed by atoms with Crippen molar-refractivity contribution in [1.82, 2.24) is 15.0 Å². The van der Waals surface area contributed by atoms with Gasteiger partial charge in [0.15, 0.2) is 5.60 Å². The molecule has 28 heavy (non-hydrogen) atoms. The highest BCUT2D eigenvalue weighted by molar-refractivity contribution is 6.31. The second-order valence-corrected chi connectivity index (χ2v) is 7.51. The molecule has 140 valence electrons. The summed E-state index contributed by atoms with van der Waals surface area (Å²) in [4.78, 5) is 12.0. The number of aliphatic hydroxyl groups is 1. The van der Waals surface area contributed by atoms with Crippen LogP contribution in [0.1, 0.15) is 23.5 Å². The molecule has 5 nitrogen and oxygen atoms in total. The minimum absolute atomic E-state index is 0.358. The lowest BCUT2D eigenvalue weighted by atomic mass is 9.98. The van der Waals surface area contributed by atoms with Gasteiger partial charge in [-0.1, -0.05) is 11.6 Å². The Morgan fingerprint density at radius 2 is 2.04 bits per heavy atom. The number of nitrogen functional groups attached to an aromatic ring is 1. The average Bonchev–Trinajstić information content (AvgIpc) is 3.25. The molecular formula is C21H16ClFN4O. The third-order valence-electron chi connectivity index (χ3n) is 5.28. The van der Waals surface area contributed by atoms with Gasteiger partial charge in [-0.2, -0.15) is 0 Å². The molecule has 4 aromatic rings. The molecule has 0 fully saturated rings. The number of benzene rings is 2. The molecule has 7 heteroatoms. The number of rotatable bonds is 2. The van der Waals surface area contributed by atoms with E-state index in [1.54, 1.807) is 30.5 Å². The first kappa shape index (κ1) is 17.2. The molecule has 1 unspecified atom stereocenters. The van der Waals surface area contributed by atoms with Crippen LogP contribution in [-0.2, 0) is 12.0 Å². The van der Waals surface area contributed by atoms with Gasteiger partial charge in [0.25, 0.3) is 0 Å². The summed E-state index contributed by atoms with van der Waals surface area (Å²) in [7, 11) is 0. The standard InChI is InChI=1S/C21H16ClFN4O/c22-13-1-3-16(24)15(8-13)12-7-11-5-6-21(28,19(11)25-10-12)20-26-17-4-2-14(23)9-18(17)27-20/h1-4,7-10,28H,5-6,24H2,(H,26,27). The number of nitrogens with one attached hydrogen (secondary N) is 1. The molecule has 0 amide bonds. The van der Waals surface area contributed by atoms with Crippen LogP contribution in [0.4, 0.5) is 10.1 Å². The third kappa shape index (κ3) is 2.57. The molecule has 2 aromatic heterocycles. The Labute approximate surface area is 165 Å². The molecule has 0 aliphatic heterocycles. The van der Waals surface area contributed by atoms with Crippen molar-refractivity contribution in [2.75, 3.05) is 5.73 Å². The van der Waals surface area contributed by atoms with Gasteiger partial charge in [-0.05, 0) is 60.9 Å². The van der Waals surface area contributed by atoms with Gasteiger partial charge in [0.05, 0.1) is 16.7 Å². The van der Waals surface area contributed by atoms with Crippen LogP contribution < -0.4 is 5.73 Å². The van der Waals surface area contributed by atoms with Crippen LogP contribution in [0.25, 0.3) is 22.2 Å². The first-order chi connectivity index (χ1) is 13.4.